The molecule has 0 aliphatic carbocycles. The highest BCUT2D eigenvalue weighted by Gasteiger charge is 2.09. The van der Waals surface area contributed by atoms with Crippen LogP contribution in [0.3, 0.4) is 0 Å². The van der Waals surface area contributed by atoms with Gasteiger partial charge in [0.05, 0.1) is 17.9 Å². The predicted molar refractivity (Wildman–Crippen MR) is 46.9 cm³/mol. The molecule has 15 heavy (non-hydrogen) atoms. The molecule has 9 nitrogen and oxygen atoms in total. The molecule has 0 saturated heterocycles. The normalized spacial score (nSPS) is 9.93. The first-order valence-electron chi connectivity index (χ1n) is 3.95. The SMILES string of the molecule is NNOC(=O)CCn1cc([N+](=O)[O-])cn1. The van der Waals surface area contributed by atoms with E-state index in [1.807, 2.05) is 0 Å². The Hall–Kier alpha value is -2.00. The number of carbonyl (C=O) groups is 1. The fraction of sp³-hybridized carbons (Fsp3) is 0.333. The summed E-state index contributed by atoms with van der Waals surface area (Å²) < 4.78 is 1.27. The summed E-state index contributed by atoms with van der Waals surface area (Å²) in [5, 5.41) is 14.0. The zero-order chi connectivity index (χ0) is 11.3. The maximum atomic E-state index is 10.8. The van der Waals surface area contributed by atoms with Crippen LogP contribution in [0.2, 0.25) is 0 Å². The molecular formula is C6H9N5O4. The van der Waals surface area contributed by atoms with Crippen LogP contribution in [0.5, 0.6) is 0 Å². The molecule has 0 aliphatic rings. The van der Waals surface area contributed by atoms with Crippen LogP contribution in [0.15, 0.2) is 12.4 Å². The number of nitro groups is 1. The number of aryl methyl sites for hydroxylation is 1. The standard InChI is InChI=1S/C6H9N5O4/c7-9-15-6(12)1-2-10-4-5(3-8-10)11(13)14/h3-4,9H,1-2,7H2. The number of hydrogen-bond acceptors (Lipinski definition) is 7. The van der Waals surface area contributed by atoms with Crippen molar-refractivity contribution in [1.29, 1.82) is 0 Å². The molecule has 0 aliphatic heterocycles. The van der Waals surface area contributed by atoms with Crippen LogP contribution >= 0.6 is 0 Å². The zero-order valence-electron chi connectivity index (χ0n) is 7.62. The topological polar surface area (TPSA) is 125 Å². The lowest BCUT2D eigenvalue weighted by Gasteiger charge is -2.00. The molecule has 0 atom stereocenters. The molecule has 0 bridgehead atoms. The first kappa shape index (κ1) is 11.1. The van der Waals surface area contributed by atoms with Gasteiger partial charge in [0, 0.05) is 0 Å². The van der Waals surface area contributed by atoms with Crippen LogP contribution in [0.4, 0.5) is 5.69 Å². The molecule has 0 unspecified atom stereocenters. The Balaban J connectivity index is 2.44. The lowest BCUT2D eigenvalue weighted by molar-refractivity contribution is -0.385. The van der Waals surface area contributed by atoms with Crippen LogP contribution in [0, 0.1) is 10.1 Å². The van der Waals surface area contributed by atoms with E-state index in [1.54, 1.807) is 5.59 Å². The number of rotatable bonds is 5. The fourth-order valence-corrected chi connectivity index (χ4v) is 0.892. The van der Waals surface area contributed by atoms with Gasteiger partial charge in [-0.25, -0.2) is 5.84 Å². The maximum Gasteiger partial charge on any atom is 0.328 e. The highest BCUT2D eigenvalue weighted by atomic mass is 16.7. The Bertz CT molecular complexity index is 362. The summed E-state index contributed by atoms with van der Waals surface area (Å²) in [5.74, 6) is 4.16. The third kappa shape index (κ3) is 3.32. The van der Waals surface area contributed by atoms with E-state index < -0.39 is 10.9 Å². The largest absolute Gasteiger partial charge is 0.356 e. The van der Waals surface area contributed by atoms with Gasteiger partial charge in [-0.3, -0.25) is 19.6 Å². The van der Waals surface area contributed by atoms with Gasteiger partial charge in [-0.1, -0.05) is 5.59 Å². The van der Waals surface area contributed by atoms with Crippen molar-refractivity contribution in [1.82, 2.24) is 15.4 Å². The second-order valence-electron chi connectivity index (χ2n) is 2.56. The lowest BCUT2D eigenvalue weighted by Crippen LogP contribution is -2.26. The number of nitrogens with one attached hydrogen (secondary N) is 1. The van der Waals surface area contributed by atoms with Crippen LogP contribution in [0.1, 0.15) is 6.42 Å². The molecule has 1 heterocycles. The first-order chi connectivity index (χ1) is 7.13. The van der Waals surface area contributed by atoms with Gasteiger partial charge in [-0.2, -0.15) is 5.10 Å². The smallest absolute Gasteiger partial charge is 0.328 e. The summed E-state index contributed by atoms with van der Waals surface area (Å²) in [7, 11) is 0. The monoisotopic (exact) mass is 215 g/mol. The highest BCUT2D eigenvalue weighted by molar-refractivity contribution is 5.68. The van der Waals surface area contributed by atoms with Gasteiger partial charge in [0.25, 0.3) is 0 Å². The molecule has 1 rings (SSSR count). The van der Waals surface area contributed by atoms with E-state index in [0.717, 1.165) is 6.20 Å². The van der Waals surface area contributed by atoms with Gasteiger partial charge in [0.15, 0.2) is 0 Å². The molecule has 3 N–H and O–H groups in total. The number of hydrogen-bond donors (Lipinski definition) is 2. The quantitative estimate of drug-likeness (QED) is 0.370. The number of hydrazine groups is 1. The minimum Gasteiger partial charge on any atom is -0.356 e. The first-order valence-corrected chi connectivity index (χ1v) is 3.95. The van der Waals surface area contributed by atoms with Gasteiger partial charge < -0.3 is 4.84 Å². The molecule has 0 fully saturated rings. The molecular weight excluding hydrogens is 206 g/mol. The van der Waals surface area contributed by atoms with Crippen molar-refractivity contribution in [2.75, 3.05) is 0 Å². The molecule has 0 radical (unpaired) electrons. The fourth-order valence-electron chi connectivity index (χ4n) is 0.892. The van der Waals surface area contributed by atoms with Gasteiger partial charge in [-0.05, 0) is 0 Å². The van der Waals surface area contributed by atoms with Crippen molar-refractivity contribution in [3.63, 3.8) is 0 Å². The molecule has 0 aromatic carbocycles. The van der Waals surface area contributed by atoms with Crippen LogP contribution in [-0.4, -0.2) is 20.7 Å². The van der Waals surface area contributed by atoms with Gasteiger partial charge in [0.2, 0.25) is 0 Å². The number of aromatic nitrogens is 2. The summed E-state index contributed by atoms with van der Waals surface area (Å²) in [5.41, 5.74) is 1.62. The third-order valence-electron chi connectivity index (χ3n) is 1.55. The second kappa shape index (κ2) is 5.02. The summed E-state index contributed by atoms with van der Waals surface area (Å²) in [6.45, 7) is 0.189. The lowest BCUT2D eigenvalue weighted by atomic mass is 10.4. The van der Waals surface area contributed by atoms with Crippen molar-refractivity contribution >= 4 is 11.7 Å². The van der Waals surface area contributed by atoms with Crippen LogP contribution < -0.4 is 11.4 Å². The Morgan fingerprint density at radius 2 is 2.53 bits per heavy atom. The van der Waals surface area contributed by atoms with E-state index in [-0.39, 0.29) is 18.7 Å². The van der Waals surface area contributed by atoms with Crippen LogP contribution in [-0.2, 0) is 16.2 Å². The average Bonchev–Trinajstić information content (AvgIpc) is 2.63. The Morgan fingerprint density at radius 1 is 1.80 bits per heavy atom. The molecule has 0 amide bonds. The number of nitrogens with zero attached hydrogens (tertiary/aromatic N) is 3. The minimum atomic E-state index is -0.573. The van der Waals surface area contributed by atoms with E-state index in [9.17, 15) is 14.9 Å². The molecule has 1 aromatic heterocycles. The molecule has 0 spiro atoms. The van der Waals surface area contributed by atoms with Crippen molar-refractivity contribution in [3.8, 4) is 0 Å². The maximum absolute atomic E-state index is 10.8. The molecule has 1 aromatic rings. The van der Waals surface area contributed by atoms with E-state index in [2.05, 4.69) is 9.94 Å². The summed E-state index contributed by atoms with van der Waals surface area (Å²) >= 11 is 0. The van der Waals surface area contributed by atoms with E-state index in [4.69, 9.17) is 5.84 Å². The van der Waals surface area contributed by atoms with Crippen molar-refractivity contribution in [2.24, 2.45) is 5.84 Å². The van der Waals surface area contributed by atoms with Crippen molar-refractivity contribution in [3.05, 3.63) is 22.5 Å². The third-order valence-corrected chi connectivity index (χ3v) is 1.55. The Kier molecular flexibility index (Phi) is 3.71. The molecule has 9 heteroatoms. The summed E-state index contributed by atoms with van der Waals surface area (Å²) in [6, 6.07) is 0. The van der Waals surface area contributed by atoms with E-state index in [0.29, 0.717) is 0 Å². The summed E-state index contributed by atoms with van der Waals surface area (Å²) in [6.07, 6.45) is 2.35. The van der Waals surface area contributed by atoms with E-state index >= 15 is 0 Å². The van der Waals surface area contributed by atoms with Gasteiger partial charge in [0.1, 0.15) is 12.4 Å². The number of carbonyl (C=O) groups excluding carboxylic acids is 1. The molecule has 0 saturated carbocycles. The van der Waals surface area contributed by atoms with Gasteiger partial charge >= 0.3 is 11.7 Å². The van der Waals surface area contributed by atoms with Crippen LogP contribution in [0.25, 0.3) is 0 Å². The highest BCUT2D eigenvalue weighted by Crippen LogP contribution is 2.07. The summed E-state index contributed by atoms with van der Waals surface area (Å²) in [4.78, 5) is 24.8. The molecule has 82 valence electrons. The van der Waals surface area contributed by atoms with Crippen molar-refractivity contribution in [2.45, 2.75) is 13.0 Å². The Labute approximate surface area is 83.9 Å². The Morgan fingerprint density at radius 3 is 3.07 bits per heavy atom. The predicted octanol–water partition coefficient (Wildman–Crippen LogP) is -0.897. The van der Waals surface area contributed by atoms with Crippen molar-refractivity contribution < 1.29 is 14.6 Å². The number of nitrogens with two attached hydrogens (primary N) is 1. The minimum absolute atomic E-state index is 0.0169. The van der Waals surface area contributed by atoms with Gasteiger partial charge in [-0.15, -0.1) is 0 Å². The second-order valence-corrected chi connectivity index (χ2v) is 2.56. The van der Waals surface area contributed by atoms with E-state index in [1.165, 1.54) is 10.9 Å². The zero-order valence-corrected chi connectivity index (χ0v) is 7.62. The average molecular weight is 215 g/mol.